The SMILES string of the molecule is C=CC.C=CC=C.c1ccc(N(c2ccccc2)c2ccc(-c3ccc4oc5ccc(-c6ccc(N(c7ccccc7)c7ccccc7)cc6)cc5c4c3)cc2)cc1. The van der Waals surface area contributed by atoms with Gasteiger partial charge in [-0.15, -0.1) is 6.58 Å². The van der Waals surface area contributed by atoms with Gasteiger partial charge in [0.2, 0.25) is 0 Å². The maximum Gasteiger partial charge on any atom is 0.135 e. The van der Waals surface area contributed by atoms with Gasteiger partial charge >= 0.3 is 0 Å². The normalized spacial score (nSPS) is 10.4. The lowest BCUT2D eigenvalue weighted by Crippen LogP contribution is -2.09. The molecule has 0 aliphatic heterocycles. The van der Waals surface area contributed by atoms with E-state index in [4.69, 9.17) is 4.42 Å². The number of allylic oxidation sites excluding steroid dienone is 3. The van der Waals surface area contributed by atoms with Gasteiger partial charge in [-0.25, -0.2) is 0 Å². The zero-order valence-corrected chi connectivity index (χ0v) is 32.8. The predicted molar refractivity (Wildman–Crippen MR) is 250 cm³/mol. The molecule has 0 aliphatic rings. The number of rotatable bonds is 9. The summed E-state index contributed by atoms with van der Waals surface area (Å²) in [5.74, 6) is 0. The Labute approximate surface area is 342 Å². The minimum absolute atomic E-state index is 0.888. The number of fused-ring (bicyclic) bond motifs is 3. The zero-order chi connectivity index (χ0) is 40.1. The summed E-state index contributed by atoms with van der Waals surface area (Å²) in [6.07, 6.45) is 5.03. The summed E-state index contributed by atoms with van der Waals surface area (Å²) in [5.41, 5.74) is 13.1. The fraction of sp³-hybridized carbons (Fsp3) is 0.0182. The van der Waals surface area contributed by atoms with E-state index < -0.39 is 0 Å². The third kappa shape index (κ3) is 8.75. The van der Waals surface area contributed by atoms with Crippen LogP contribution in [-0.4, -0.2) is 0 Å². The van der Waals surface area contributed by atoms with Gasteiger partial charge in [-0.05, 0) is 126 Å². The van der Waals surface area contributed by atoms with E-state index in [0.717, 1.165) is 78.3 Å². The summed E-state index contributed by atoms with van der Waals surface area (Å²) >= 11 is 0. The van der Waals surface area contributed by atoms with Crippen molar-refractivity contribution >= 4 is 56.1 Å². The van der Waals surface area contributed by atoms with E-state index in [-0.39, 0.29) is 0 Å². The highest BCUT2D eigenvalue weighted by Crippen LogP contribution is 2.39. The maximum absolute atomic E-state index is 6.32. The molecule has 3 heteroatoms. The Kier molecular flexibility index (Phi) is 12.5. The minimum Gasteiger partial charge on any atom is -0.456 e. The standard InChI is InChI=1S/C48H34N2O.C4H6.C3H6/c1-5-13-39(14-6-1)49(40-15-7-2-8-16-40)43-27-21-35(22-28-43)37-25-31-47-45(33-37)46-34-38(26-32-48(46)51-47)36-23-29-44(30-24-36)50(41-17-9-3-10-18-41)42-19-11-4-12-20-42;1-3-4-2;1-3-2/h1-34H;3-4H,1-2H2;3H,1H2,2H3. The Morgan fingerprint density at radius 3 is 0.879 bits per heavy atom. The van der Waals surface area contributed by atoms with E-state index in [1.165, 1.54) is 0 Å². The van der Waals surface area contributed by atoms with Crippen LogP contribution < -0.4 is 9.80 Å². The van der Waals surface area contributed by atoms with Gasteiger partial charge in [-0.1, -0.05) is 141 Å². The summed E-state index contributed by atoms with van der Waals surface area (Å²) in [6, 6.07) is 72.6. The lowest BCUT2D eigenvalue weighted by molar-refractivity contribution is 0.669. The molecule has 1 aromatic heterocycles. The number of anilines is 6. The molecule has 0 saturated carbocycles. The van der Waals surface area contributed by atoms with Crippen LogP contribution in [0, 0.1) is 0 Å². The Morgan fingerprint density at radius 1 is 0.345 bits per heavy atom. The number of benzene rings is 8. The topological polar surface area (TPSA) is 19.6 Å². The summed E-state index contributed by atoms with van der Waals surface area (Å²) in [7, 11) is 0. The van der Waals surface area contributed by atoms with Crippen molar-refractivity contribution in [2.24, 2.45) is 0 Å². The number of furan rings is 1. The summed E-state index contributed by atoms with van der Waals surface area (Å²) < 4.78 is 6.32. The molecule has 58 heavy (non-hydrogen) atoms. The van der Waals surface area contributed by atoms with Crippen molar-refractivity contribution in [2.45, 2.75) is 6.92 Å². The fourth-order valence-corrected chi connectivity index (χ4v) is 6.95. The predicted octanol–water partition coefficient (Wildman–Crippen LogP) is 16.4. The van der Waals surface area contributed by atoms with Gasteiger partial charge in [0.15, 0.2) is 0 Å². The van der Waals surface area contributed by atoms with Crippen LogP contribution in [0.3, 0.4) is 0 Å². The van der Waals surface area contributed by atoms with Crippen LogP contribution >= 0.6 is 0 Å². The van der Waals surface area contributed by atoms with Gasteiger partial charge in [0.1, 0.15) is 11.2 Å². The van der Waals surface area contributed by atoms with Gasteiger partial charge in [0.25, 0.3) is 0 Å². The average molecular weight is 751 g/mol. The van der Waals surface area contributed by atoms with Gasteiger partial charge < -0.3 is 14.2 Å². The molecule has 0 bridgehead atoms. The highest BCUT2D eigenvalue weighted by Gasteiger charge is 2.15. The van der Waals surface area contributed by atoms with E-state index in [0.29, 0.717) is 0 Å². The molecule has 1 heterocycles. The van der Waals surface area contributed by atoms with Crippen molar-refractivity contribution in [1.29, 1.82) is 0 Å². The Hall–Kier alpha value is -7.62. The number of hydrogen-bond acceptors (Lipinski definition) is 3. The summed E-state index contributed by atoms with van der Waals surface area (Å²) in [5, 5.41) is 2.22. The van der Waals surface area contributed by atoms with Crippen LogP contribution in [0.1, 0.15) is 6.92 Å². The first-order valence-electron chi connectivity index (χ1n) is 19.4. The van der Waals surface area contributed by atoms with Crippen molar-refractivity contribution in [2.75, 3.05) is 9.80 Å². The molecule has 0 N–H and O–H groups in total. The number of para-hydroxylation sites is 4. The fourth-order valence-electron chi connectivity index (χ4n) is 6.95. The molecule has 3 nitrogen and oxygen atoms in total. The Morgan fingerprint density at radius 2 is 0.603 bits per heavy atom. The monoisotopic (exact) mass is 750 g/mol. The lowest BCUT2D eigenvalue weighted by atomic mass is 9.99. The molecule has 0 aliphatic carbocycles. The van der Waals surface area contributed by atoms with Gasteiger partial charge in [-0.3, -0.25) is 0 Å². The van der Waals surface area contributed by atoms with Crippen molar-refractivity contribution in [3.8, 4) is 22.3 Å². The molecule has 0 atom stereocenters. The van der Waals surface area contributed by atoms with E-state index in [9.17, 15) is 0 Å². The van der Waals surface area contributed by atoms with Crippen LogP contribution in [0.25, 0.3) is 44.2 Å². The van der Waals surface area contributed by atoms with Crippen molar-refractivity contribution in [3.63, 3.8) is 0 Å². The first-order chi connectivity index (χ1) is 28.6. The van der Waals surface area contributed by atoms with Crippen LogP contribution in [-0.2, 0) is 0 Å². The quantitative estimate of drug-likeness (QED) is 0.108. The van der Waals surface area contributed by atoms with E-state index in [2.05, 4.69) is 236 Å². The van der Waals surface area contributed by atoms with Crippen LogP contribution in [0.2, 0.25) is 0 Å². The van der Waals surface area contributed by atoms with Crippen molar-refractivity contribution in [1.82, 2.24) is 0 Å². The second-order valence-corrected chi connectivity index (χ2v) is 13.5. The second kappa shape index (κ2) is 18.8. The molecule has 0 saturated heterocycles. The van der Waals surface area contributed by atoms with Crippen molar-refractivity contribution in [3.05, 3.63) is 244 Å². The van der Waals surface area contributed by atoms with E-state index in [1.807, 2.05) is 6.92 Å². The van der Waals surface area contributed by atoms with Gasteiger partial charge in [0, 0.05) is 44.9 Å². The molecule has 0 unspecified atom stereocenters. The van der Waals surface area contributed by atoms with E-state index >= 15 is 0 Å². The molecule has 9 rings (SSSR count). The third-order valence-electron chi connectivity index (χ3n) is 9.61. The third-order valence-corrected chi connectivity index (χ3v) is 9.61. The molecule has 282 valence electrons. The molecule has 0 spiro atoms. The zero-order valence-electron chi connectivity index (χ0n) is 32.8. The molecule has 0 fully saturated rings. The molecular weight excluding hydrogens is 705 g/mol. The molecule has 9 aromatic rings. The highest BCUT2D eigenvalue weighted by molar-refractivity contribution is 6.07. The first-order valence-corrected chi connectivity index (χ1v) is 19.4. The summed E-state index contributed by atoms with van der Waals surface area (Å²) in [4.78, 5) is 4.57. The van der Waals surface area contributed by atoms with Gasteiger partial charge in [0.05, 0.1) is 0 Å². The largest absolute Gasteiger partial charge is 0.456 e. The highest BCUT2D eigenvalue weighted by atomic mass is 16.3. The molecular formula is C55H46N2O. The minimum atomic E-state index is 0.888. The summed E-state index contributed by atoms with van der Waals surface area (Å²) in [6.45, 7) is 12.0. The Bertz CT molecular complexity index is 2440. The van der Waals surface area contributed by atoms with Gasteiger partial charge in [-0.2, -0.15) is 0 Å². The van der Waals surface area contributed by atoms with Crippen LogP contribution in [0.15, 0.2) is 249 Å². The molecule has 0 radical (unpaired) electrons. The van der Waals surface area contributed by atoms with Crippen molar-refractivity contribution < 1.29 is 4.42 Å². The lowest BCUT2D eigenvalue weighted by Gasteiger charge is -2.25. The maximum atomic E-state index is 6.32. The van der Waals surface area contributed by atoms with Crippen LogP contribution in [0.5, 0.6) is 0 Å². The number of hydrogen-bond donors (Lipinski definition) is 0. The Balaban J connectivity index is 0.000000682. The number of nitrogens with zero attached hydrogens (tertiary/aromatic N) is 2. The smallest absolute Gasteiger partial charge is 0.135 e. The van der Waals surface area contributed by atoms with Crippen LogP contribution in [0.4, 0.5) is 34.1 Å². The first kappa shape index (κ1) is 38.6. The second-order valence-electron chi connectivity index (χ2n) is 13.5. The average Bonchev–Trinajstić information content (AvgIpc) is 3.66. The van der Waals surface area contributed by atoms with E-state index in [1.54, 1.807) is 18.2 Å². The molecule has 0 amide bonds. The molecule has 8 aromatic carbocycles.